The molecule has 164 valence electrons. The fourth-order valence-electron chi connectivity index (χ4n) is 4.68. The molecule has 33 heavy (non-hydrogen) atoms. The van der Waals surface area contributed by atoms with Crippen LogP contribution in [-0.4, -0.2) is 38.8 Å². The van der Waals surface area contributed by atoms with Crippen molar-refractivity contribution in [2.75, 3.05) is 18.0 Å². The fourth-order valence-corrected chi connectivity index (χ4v) is 4.68. The third kappa shape index (κ3) is 3.58. The van der Waals surface area contributed by atoms with E-state index in [1.807, 2.05) is 29.1 Å². The summed E-state index contributed by atoms with van der Waals surface area (Å²) in [6.45, 7) is 1.92. The summed E-state index contributed by atoms with van der Waals surface area (Å²) >= 11 is 0. The molecule has 0 amide bonds. The molecule has 0 atom stereocenters. The Hall–Kier alpha value is -3.90. The number of imidazole rings is 1. The first kappa shape index (κ1) is 19.8. The van der Waals surface area contributed by atoms with Gasteiger partial charge in [0.15, 0.2) is 0 Å². The van der Waals surface area contributed by atoms with E-state index in [0.717, 1.165) is 64.8 Å². The van der Waals surface area contributed by atoms with Crippen molar-refractivity contribution < 1.29 is 5.11 Å². The molecular weight excluding hydrogens is 410 g/mol. The Morgan fingerprint density at radius 1 is 0.879 bits per heavy atom. The molecule has 5 aromatic rings. The molecule has 0 saturated carbocycles. The molecule has 0 unspecified atom stereocenters. The van der Waals surface area contributed by atoms with E-state index in [1.54, 1.807) is 12.1 Å². The molecule has 6 nitrogen and oxygen atoms in total. The summed E-state index contributed by atoms with van der Waals surface area (Å²) in [6, 6.07) is 24.3. The molecule has 3 heterocycles. The highest BCUT2D eigenvalue weighted by atomic mass is 16.3. The van der Waals surface area contributed by atoms with Crippen LogP contribution in [0.15, 0.2) is 79.1 Å². The zero-order valence-corrected chi connectivity index (χ0v) is 18.2. The second-order valence-electron chi connectivity index (χ2n) is 8.71. The van der Waals surface area contributed by atoms with Crippen LogP contribution in [0.3, 0.4) is 0 Å². The van der Waals surface area contributed by atoms with E-state index in [1.165, 1.54) is 5.69 Å². The van der Waals surface area contributed by atoms with Gasteiger partial charge in [0.25, 0.3) is 0 Å². The second kappa shape index (κ2) is 7.90. The molecule has 3 aromatic carbocycles. The van der Waals surface area contributed by atoms with Crippen LogP contribution in [0.4, 0.5) is 5.69 Å². The number of phenolic OH excluding ortho intramolecular Hbond substituents is 1. The molecule has 0 spiro atoms. The lowest BCUT2D eigenvalue weighted by Gasteiger charge is -2.32. The maximum atomic E-state index is 9.56. The van der Waals surface area contributed by atoms with Crippen molar-refractivity contribution in [3.63, 3.8) is 0 Å². The van der Waals surface area contributed by atoms with Gasteiger partial charge in [-0.1, -0.05) is 30.3 Å². The first-order valence-electron chi connectivity index (χ1n) is 11.3. The van der Waals surface area contributed by atoms with Crippen LogP contribution < -0.4 is 10.6 Å². The van der Waals surface area contributed by atoms with Crippen LogP contribution >= 0.6 is 0 Å². The number of phenols is 1. The number of anilines is 1. The number of para-hydroxylation sites is 1. The summed E-state index contributed by atoms with van der Waals surface area (Å²) in [6.07, 6.45) is 3.85. The maximum absolute atomic E-state index is 9.56. The quantitative estimate of drug-likeness (QED) is 0.422. The summed E-state index contributed by atoms with van der Waals surface area (Å²) < 4.78 is 2.04. The number of aromatic hydroxyl groups is 1. The number of fused-ring (bicyclic) bond motifs is 2. The van der Waals surface area contributed by atoms with E-state index in [4.69, 9.17) is 10.7 Å². The molecule has 0 bridgehead atoms. The third-order valence-corrected chi connectivity index (χ3v) is 6.56. The van der Waals surface area contributed by atoms with E-state index in [2.05, 4.69) is 52.3 Å². The van der Waals surface area contributed by atoms with Crippen molar-refractivity contribution in [3.05, 3.63) is 79.1 Å². The van der Waals surface area contributed by atoms with Gasteiger partial charge in [-0.2, -0.15) is 0 Å². The molecular formula is C27H25N5O. The number of piperidine rings is 1. The van der Waals surface area contributed by atoms with Gasteiger partial charge < -0.3 is 15.7 Å². The molecule has 6 heteroatoms. The Balaban J connectivity index is 1.40. The van der Waals surface area contributed by atoms with Gasteiger partial charge in [0.05, 0.1) is 22.2 Å². The van der Waals surface area contributed by atoms with E-state index < -0.39 is 0 Å². The Morgan fingerprint density at radius 2 is 1.67 bits per heavy atom. The zero-order chi connectivity index (χ0) is 22.4. The Bertz CT molecular complexity index is 1450. The number of hydrogen-bond acceptors (Lipinski definition) is 5. The van der Waals surface area contributed by atoms with E-state index >= 15 is 0 Å². The minimum absolute atomic E-state index is 0.262. The Morgan fingerprint density at radius 3 is 2.48 bits per heavy atom. The van der Waals surface area contributed by atoms with Gasteiger partial charge in [-0.15, -0.1) is 0 Å². The Labute approximate surface area is 191 Å². The molecule has 1 aliphatic rings. The van der Waals surface area contributed by atoms with Crippen LogP contribution in [0.25, 0.3) is 38.9 Å². The molecule has 0 aliphatic carbocycles. The van der Waals surface area contributed by atoms with Gasteiger partial charge in [-0.05, 0) is 66.4 Å². The molecule has 1 aliphatic heterocycles. The topological polar surface area (TPSA) is 80.2 Å². The normalized spacial score (nSPS) is 14.9. The van der Waals surface area contributed by atoms with Crippen LogP contribution in [0.5, 0.6) is 5.75 Å². The highest BCUT2D eigenvalue weighted by Crippen LogP contribution is 2.30. The number of hydrogen-bond donors (Lipinski definition) is 2. The zero-order valence-electron chi connectivity index (χ0n) is 18.2. The first-order chi connectivity index (χ1) is 16.2. The number of nitrogens with zero attached hydrogens (tertiary/aromatic N) is 4. The van der Waals surface area contributed by atoms with Gasteiger partial charge >= 0.3 is 0 Å². The van der Waals surface area contributed by atoms with Crippen molar-refractivity contribution in [2.45, 2.75) is 18.9 Å². The van der Waals surface area contributed by atoms with Crippen molar-refractivity contribution in [2.24, 2.45) is 5.73 Å². The molecule has 6 rings (SSSR count). The minimum atomic E-state index is 0.262. The second-order valence-corrected chi connectivity index (χ2v) is 8.71. The van der Waals surface area contributed by atoms with Crippen LogP contribution in [0.1, 0.15) is 12.8 Å². The lowest BCUT2D eigenvalue weighted by Crippen LogP contribution is -2.39. The minimum Gasteiger partial charge on any atom is -0.508 e. The molecule has 1 fully saturated rings. The van der Waals surface area contributed by atoms with Crippen LogP contribution in [0.2, 0.25) is 0 Å². The summed E-state index contributed by atoms with van der Waals surface area (Å²) in [5, 5.41) is 10.7. The van der Waals surface area contributed by atoms with Crippen LogP contribution in [0, 0.1) is 0 Å². The smallest absolute Gasteiger partial charge is 0.139 e. The lowest BCUT2D eigenvalue weighted by molar-refractivity contribution is 0.475. The SMILES string of the molecule is NC1CCN(c2cccc3ccc(-n4cnc5cc(-c6ccc(O)cc6)ccc54)nc23)CC1. The number of rotatable bonds is 3. The highest BCUT2D eigenvalue weighted by molar-refractivity contribution is 5.92. The highest BCUT2D eigenvalue weighted by Gasteiger charge is 2.19. The summed E-state index contributed by atoms with van der Waals surface area (Å²) in [7, 11) is 0. The lowest BCUT2D eigenvalue weighted by atomic mass is 10.0. The van der Waals surface area contributed by atoms with Crippen molar-refractivity contribution >= 4 is 27.6 Å². The average Bonchev–Trinajstić information content (AvgIpc) is 3.28. The summed E-state index contributed by atoms with van der Waals surface area (Å²) in [5.41, 5.74) is 12.3. The number of aromatic nitrogens is 3. The van der Waals surface area contributed by atoms with E-state index in [-0.39, 0.29) is 5.75 Å². The predicted octanol–water partition coefficient (Wildman–Crippen LogP) is 4.87. The maximum Gasteiger partial charge on any atom is 0.139 e. The van der Waals surface area contributed by atoms with Crippen LogP contribution in [-0.2, 0) is 0 Å². The van der Waals surface area contributed by atoms with Crippen molar-refractivity contribution in [1.29, 1.82) is 0 Å². The number of benzene rings is 3. The van der Waals surface area contributed by atoms with Crippen molar-refractivity contribution in [3.8, 4) is 22.7 Å². The summed E-state index contributed by atoms with van der Waals surface area (Å²) in [4.78, 5) is 12.1. The summed E-state index contributed by atoms with van der Waals surface area (Å²) in [5.74, 6) is 1.11. The monoisotopic (exact) mass is 435 g/mol. The van der Waals surface area contributed by atoms with Gasteiger partial charge in [0, 0.05) is 24.5 Å². The molecule has 2 aromatic heterocycles. The molecule has 1 saturated heterocycles. The average molecular weight is 436 g/mol. The van der Waals surface area contributed by atoms with E-state index in [9.17, 15) is 5.11 Å². The Kier molecular flexibility index (Phi) is 4.73. The van der Waals surface area contributed by atoms with Gasteiger partial charge in [-0.25, -0.2) is 9.97 Å². The number of pyridine rings is 1. The number of nitrogens with two attached hydrogens (primary N) is 1. The molecule has 0 radical (unpaired) electrons. The molecule has 3 N–H and O–H groups in total. The standard InChI is InChI=1S/C27H25N5O/c28-21-12-14-31(15-13-21)25-3-1-2-19-7-11-26(30-27(19)25)32-17-29-23-16-20(6-10-24(23)32)18-4-8-22(33)9-5-18/h1-11,16-17,21,33H,12-15,28H2. The van der Waals surface area contributed by atoms with Gasteiger partial charge in [0.2, 0.25) is 0 Å². The van der Waals surface area contributed by atoms with E-state index in [0.29, 0.717) is 6.04 Å². The van der Waals surface area contributed by atoms with Gasteiger partial charge in [0.1, 0.15) is 17.9 Å². The largest absolute Gasteiger partial charge is 0.508 e. The third-order valence-electron chi connectivity index (χ3n) is 6.56. The van der Waals surface area contributed by atoms with Gasteiger partial charge in [-0.3, -0.25) is 4.57 Å². The first-order valence-corrected chi connectivity index (χ1v) is 11.3. The van der Waals surface area contributed by atoms with Crippen molar-refractivity contribution in [1.82, 2.24) is 14.5 Å². The fraction of sp³-hybridized carbons (Fsp3) is 0.185. The predicted molar refractivity (Wildman–Crippen MR) is 133 cm³/mol.